The van der Waals surface area contributed by atoms with Gasteiger partial charge >= 0.3 is 0 Å². The van der Waals surface area contributed by atoms with Crippen LogP contribution >= 0.6 is 34.8 Å². The molecular weight excluding hydrogens is 545 g/mol. The number of carbonyl (C=O) groups is 2. The topological polar surface area (TPSA) is 86.8 Å². The molecule has 36 heavy (non-hydrogen) atoms. The minimum absolute atomic E-state index is 0.00953. The molecule has 0 aromatic heterocycles. The van der Waals surface area contributed by atoms with Gasteiger partial charge in [0.15, 0.2) is 0 Å². The van der Waals surface area contributed by atoms with Crippen molar-refractivity contribution in [2.75, 3.05) is 17.1 Å². The van der Waals surface area contributed by atoms with Crippen LogP contribution in [0.2, 0.25) is 15.1 Å². The molecule has 2 aromatic rings. The normalized spacial score (nSPS) is 13.1. The third-order valence-electron chi connectivity index (χ3n) is 5.81. The third kappa shape index (κ3) is 8.54. The molecule has 1 N–H and O–H groups in total. The number of hydrogen-bond donors (Lipinski definition) is 1. The van der Waals surface area contributed by atoms with Crippen molar-refractivity contribution in [3.05, 3.63) is 63.1 Å². The Bertz CT molecular complexity index is 1160. The molecule has 2 rings (SSSR count). The van der Waals surface area contributed by atoms with Crippen LogP contribution in [0.15, 0.2) is 42.5 Å². The van der Waals surface area contributed by atoms with E-state index in [-0.39, 0.29) is 43.8 Å². The van der Waals surface area contributed by atoms with E-state index >= 15 is 0 Å². The Kier molecular flexibility index (Phi) is 11.3. The van der Waals surface area contributed by atoms with Crippen molar-refractivity contribution in [2.45, 2.75) is 58.7 Å². The van der Waals surface area contributed by atoms with Crippen LogP contribution in [0.4, 0.5) is 5.69 Å². The fourth-order valence-electron chi connectivity index (χ4n) is 3.54. The number of nitrogens with zero attached hydrogens (tertiary/aromatic N) is 2. The van der Waals surface area contributed by atoms with Gasteiger partial charge in [-0.15, -0.1) is 0 Å². The van der Waals surface area contributed by atoms with Gasteiger partial charge < -0.3 is 10.2 Å². The molecular formula is C25H32Cl3N3O4S. The second-order valence-electron chi connectivity index (χ2n) is 8.63. The van der Waals surface area contributed by atoms with Crippen LogP contribution in [0.3, 0.4) is 0 Å². The van der Waals surface area contributed by atoms with Crippen molar-refractivity contribution in [1.82, 2.24) is 10.2 Å². The van der Waals surface area contributed by atoms with Gasteiger partial charge in [0.05, 0.1) is 11.9 Å². The van der Waals surface area contributed by atoms with Crippen molar-refractivity contribution >= 4 is 62.3 Å². The highest BCUT2D eigenvalue weighted by Gasteiger charge is 2.28. The highest BCUT2D eigenvalue weighted by molar-refractivity contribution is 7.92. The molecule has 0 aliphatic carbocycles. The number of benzene rings is 2. The van der Waals surface area contributed by atoms with Gasteiger partial charge in [-0.2, -0.15) is 0 Å². The number of halogens is 3. The van der Waals surface area contributed by atoms with Gasteiger partial charge in [-0.05, 0) is 57.0 Å². The minimum atomic E-state index is -3.61. The summed E-state index contributed by atoms with van der Waals surface area (Å²) in [4.78, 5) is 27.7. The Morgan fingerprint density at radius 1 is 1.03 bits per heavy atom. The maximum Gasteiger partial charge on any atom is 0.242 e. The van der Waals surface area contributed by atoms with Crippen LogP contribution in [0.1, 0.15) is 45.6 Å². The van der Waals surface area contributed by atoms with Gasteiger partial charge in [0.1, 0.15) is 6.04 Å². The van der Waals surface area contributed by atoms with Crippen LogP contribution in [-0.2, 0) is 26.2 Å². The van der Waals surface area contributed by atoms with Gasteiger partial charge in [0.25, 0.3) is 0 Å². The summed E-state index contributed by atoms with van der Waals surface area (Å²) in [6.07, 6.45) is 2.08. The average molecular weight is 577 g/mol. The summed E-state index contributed by atoms with van der Waals surface area (Å²) >= 11 is 18.7. The zero-order valence-electron chi connectivity index (χ0n) is 20.8. The Morgan fingerprint density at radius 2 is 1.64 bits per heavy atom. The monoisotopic (exact) mass is 575 g/mol. The van der Waals surface area contributed by atoms with Crippen LogP contribution < -0.4 is 9.62 Å². The van der Waals surface area contributed by atoms with Gasteiger partial charge in [-0.3, -0.25) is 13.9 Å². The van der Waals surface area contributed by atoms with Crippen molar-refractivity contribution < 1.29 is 18.0 Å². The molecule has 0 spiro atoms. The van der Waals surface area contributed by atoms with E-state index in [2.05, 4.69) is 5.32 Å². The Balaban J connectivity index is 2.23. The first-order valence-electron chi connectivity index (χ1n) is 11.6. The van der Waals surface area contributed by atoms with E-state index in [1.54, 1.807) is 49.4 Å². The molecule has 11 heteroatoms. The predicted octanol–water partition coefficient (Wildman–Crippen LogP) is 5.53. The van der Waals surface area contributed by atoms with Crippen LogP contribution in [0.25, 0.3) is 0 Å². The summed E-state index contributed by atoms with van der Waals surface area (Å²) in [5.41, 5.74) is 0.951. The molecule has 2 aromatic carbocycles. The van der Waals surface area contributed by atoms with Gasteiger partial charge in [0.2, 0.25) is 21.8 Å². The molecule has 0 saturated heterocycles. The summed E-state index contributed by atoms with van der Waals surface area (Å²) in [7, 11) is -3.61. The zero-order chi connectivity index (χ0) is 27.0. The fourth-order valence-corrected chi connectivity index (χ4v) is 5.20. The summed E-state index contributed by atoms with van der Waals surface area (Å²) in [6, 6.07) is 10.7. The first-order valence-corrected chi connectivity index (χ1v) is 14.6. The van der Waals surface area contributed by atoms with E-state index in [1.807, 2.05) is 13.8 Å². The lowest BCUT2D eigenvalue weighted by Crippen LogP contribution is -2.49. The largest absolute Gasteiger partial charge is 0.352 e. The Hall–Kier alpha value is -2.00. The molecule has 0 bridgehead atoms. The third-order valence-corrected chi connectivity index (χ3v) is 7.94. The van der Waals surface area contributed by atoms with Crippen LogP contribution in [-0.4, -0.2) is 50.0 Å². The molecule has 198 valence electrons. The highest BCUT2D eigenvalue weighted by atomic mass is 35.5. The lowest BCUT2D eigenvalue weighted by atomic mass is 10.1. The SMILES string of the molecule is CC[C@@H](C)NC(=O)[C@@H](C)N(Cc1c(Cl)cccc1Cl)C(=O)CCCN(c1cccc(Cl)c1)S(C)(=O)=O. The fraction of sp³-hybridized carbons (Fsp3) is 0.440. The molecule has 2 amide bonds. The maximum atomic E-state index is 13.4. The number of sulfonamides is 1. The molecule has 0 aliphatic heterocycles. The van der Waals surface area contributed by atoms with Crippen molar-refractivity contribution in [3.63, 3.8) is 0 Å². The molecule has 0 aliphatic rings. The van der Waals surface area contributed by atoms with Gasteiger partial charge in [-0.1, -0.05) is 53.9 Å². The molecule has 0 unspecified atom stereocenters. The van der Waals surface area contributed by atoms with E-state index in [0.29, 0.717) is 26.3 Å². The second kappa shape index (κ2) is 13.5. The maximum absolute atomic E-state index is 13.4. The summed E-state index contributed by atoms with van der Waals surface area (Å²) < 4.78 is 26.0. The predicted molar refractivity (Wildman–Crippen MR) is 147 cm³/mol. The van der Waals surface area contributed by atoms with Crippen LogP contribution in [0.5, 0.6) is 0 Å². The molecule has 0 radical (unpaired) electrons. The summed E-state index contributed by atoms with van der Waals surface area (Å²) in [5.74, 6) is -0.616. The number of anilines is 1. The Labute approximate surface area is 228 Å². The number of hydrogen-bond acceptors (Lipinski definition) is 4. The van der Waals surface area contributed by atoms with Crippen molar-refractivity contribution in [3.8, 4) is 0 Å². The second-order valence-corrected chi connectivity index (χ2v) is 11.8. The lowest BCUT2D eigenvalue weighted by Gasteiger charge is -2.30. The van der Waals surface area contributed by atoms with E-state index < -0.39 is 16.1 Å². The molecule has 2 atom stereocenters. The number of amides is 2. The van der Waals surface area contributed by atoms with E-state index in [0.717, 1.165) is 12.7 Å². The van der Waals surface area contributed by atoms with Crippen LogP contribution in [0, 0.1) is 0 Å². The summed E-state index contributed by atoms with van der Waals surface area (Å²) in [6.45, 7) is 5.59. The number of carbonyl (C=O) groups excluding carboxylic acids is 2. The Morgan fingerprint density at radius 3 is 2.19 bits per heavy atom. The zero-order valence-corrected chi connectivity index (χ0v) is 23.9. The van der Waals surface area contributed by atoms with Crippen molar-refractivity contribution in [1.29, 1.82) is 0 Å². The standard InChI is InChI=1S/C25H32Cl3N3O4S/c1-5-17(2)29-25(33)18(3)30(16-21-22(27)11-7-12-23(21)28)24(32)13-8-14-31(36(4,34)35)20-10-6-9-19(26)15-20/h6-7,9-12,15,17-18H,5,8,13-14,16H2,1-4H3,(H,29,33)/t17-,18-/m1/s1. The van der Waals surface area contributed by atoms with E-state index in [4.69, 9.17) is 34.8 Å². The summed E-state index contributed by atoms with van der Waals surface area (Å²) in [5, 5.41) is 4.08. The smallest absolute Gasteiger partial charge is 0.242 e. The molecule has 0 fully saturated rings. The molecule has 0 saturated carbocycles. The van der Waals surface area contributed by atoms with Crippen molar-refractivity contribution in [2.24, 2.45) is 0 Å². The highest BCUT2D eigenvalue weighted by Crippen LogP contribution is 2.27. The molecule has 7 nitrogen and oxygen atoms in total. The van der Waals surface area contributed by atoms with Gasteiger partial charge in [0, 0.05) is 46.2 Å². The van der Waals surface area contributed by atoms with Gasteiger partial charge in [-0.25, -0.2) is 8.42 Å². The minimum Gasteiger partial charge on any atom is -0.352 e. The first-order chi connectivity index (χ1) is 16.8. The lowest BCUT2D eigenvalue weighted by molar-refractivity contribution is -0.140. The number of nitrogens with one attached hydrogen (secondary N) is 1. The van der Waals surface area contributed by atoms with E-state index in [9.17, 15) is 18.0 Å². The average Bonchev–Trinajstić information content (AvgIpc) is 2.80. The molecule has 0 heterocycles. The first kappa shape index (κ1) is 30.2. The quantitative estimate of drug-likeness (QED) is 0.360. The number of rotatable bonds is 12. The van der Waals surface area contributed by atoms with E-state index in [1.165, 1.54) is 9.21 Å².